The monoisotopic (exact) mass is 273 g/mol. The number of carboxylic acid groups (broad SMARTS) is 1. The second kappa shape index (κ2) is 5.89. The van der Waals surface area contributed by atoms with Crippen LogP contribution in [0.4, 0.5) is 14.5 Å². The third-order valence-corrected chi connectivity index (χ3v) is 2.15. The molecule has 0 bridgehead atoms. The van der Waals surface area contributed by atoms with Crippen molar-refractivity contribution in [2.75, 3.05) is 0 Å². The van der Waals surface area contributed by atoms with Crippen molar-refractivity contribution in [1.82, 2.24) is 0 Å². The number of nitrogens with zero attached hydrogens (tertiary/aromatic N) is 1. The summed E-state index contributed by atoms with van der Waals surface area (Å²) in [6.45, 7) is -1.74. The minimum atomic E-state index is -3.17. The van der Waals surface area contributed by atoms with E-state index in [0.717, 1.165) is 24.3 Å². The predicted molar refractivity (Wildman–Crippen MR) is 61.1 cm³/mol. The van der Waals surface area contributed by atoms with E-state index in [1.54, 1.807) is 0 Å². The van der Waals surface area contributed by atoms with Crippen LogP contribution < -0.4 is 4.74 Å². The zero-order chi connectivity index (χ0) is 14.6. The highest BCUT2D eigenvalue weighted by molar-refractivity contribution is 5.86. The fourth-order valence-corrected chi connectivity index (χ4v) is 1.41. The van der Waals surface area contributed by atoms with Gasteiger partial charge in [0.1, 0.15) is 5.75 Å². The van der Waals surface area contributed by atoms with Crippen molar-refractivity contribution in [2.45, 2.75) is 13.5 Å². The number of aryl methyl sites for hydroxylation is 1. The fourth-order valence-electron chi connectivity index (χ4n) is 1.41. The molecular weight excluding hydrogens is 264 g/mol. The first-order valence-corrected chi connectivity index (χ1v) is 4.96. The molecule has 0 atom stereocenters. The number of rotatable bonds is 5. The Balaban J connectivity index is 3.34. The van der Waals surface area contributed by atoms with Crippen LogP contribution >= 0.6 is 0 Å². The van der Waals surface area contributed by atoms with Gasteiger partial charge in [0.25, 0.3) is 5.69 Å². The van der Waals surface area contributed by atoms with E-state index in [1.165, 1.54) is 6.92 Å². The summed E-state index contributed by atoms with van der Waals surface area (Å²) in [5.41, 5.74) is -0.115. The second-order valence-electron chi connectivity index (χ2n) is 3.48. The molecule has 102 valence electrons. The van der Waals surface area contributed by atoms with Crippen LogP contribution in [0.1, 0.15) is 11.1 Å². The van der Waals surface area contributed by atoms with E-state index < -0.39 is 28.9 Å². The molecule has 0 aromatic heterocycles. The highest BCUT2D eigenvalue weighted by atomic mass is 19.3. The highest BCUT2D eigenvalue weighted by Crippen LogP contribution is 2.30. The molecule has 1 aromatic rings. The van der Waals surface area contributed by atoms with Gasteiger partial charge < -0.3 is 9.84 Å². The second-order valence-corrected chi connectivity index (χ2v) is 3.48. The van der Waals surface area contributed by atoms with Gasteiger partial charge in [-0.25, -0.2) is 4.79 Å². The summed E-state index contributed by atoms with van der Waals surface area (Å²) in [6, 6.07) is 1.96. The lowest BCUT2D eigenvalue weighted by Crippen LogP contribution is -2.05. The number of alkyl halides is 2. The Morgan fingerprint density at radius 3 is 2.63 bits per heavy atom. The SMILES string of the molecule is Cc1cc([N+](=O)[O-])cc(OC(F)F)c1/C=C/C(=O)O. The molecule has 8 heteroatoms. The van der Waals surface area contributed by atoms with Gasteiger partial charge in [-0.15, -0.1) is 0 Å². The molecule has 0 heterocycles. The maximum atomic E-state index is 12.2. The Kier molecular flexibility index (Phi) is 4.51. The van der Waals surface area contributed by atoms with Crippen molar-refractivity contribution in [3.05, 3.63) is 39.4 Å². The number of non-ortho nitro benzene ring substituents is 1. The molecular formula is C11H9F2NO5. The number of benzene rings is 1. The van der Waals surface area contributed by atoms with Gasteiger partial charge in [0.05, 0.1) is 11.0 Å². The minimum absolute atomic E-state index is 0.0494. The topological polar surface area (TPSA) is 89.7 Å². The van der Waals surface area contributed by atoms with Crippen molar-refractivity contribution in [3.63, 3.8) is 0 Å². The van der Waals surface area contributed by atoms with E-state index in [4.69, 9.17) is 5.11 Å². The van der Waals surface area contributed by atoms with Crippen molar-refractivity contribution in [1.29, 1.82) is 0 Å². The zero-order valence-corrected chi connectivity index (χ0v) is 9.67. The molecule has 0 aliphatic rings. The average molecular weight is 273 g/mol. The number of hydrogen-bond acceptors (Lipinski definition) is 4. The van der Waals surface area contributed by atoms with Gasteiger partial charge in [-0.2, -0.15) is 8.78 Å². The van der Waals surface area contributed by atoms with E-state index in [-0.39, 0.29) is 11.1 Å². The smallest absolute Gasteiger partial charge is 0.387 e. The maximum absolute atomic E-state index is 12.2. The van der Waals surface area contributed by atoms with Gasteiger partial charge in [-0.1, -0.05) is 0 Å². The van der Waals surface area contributed by atoms with Crippen LogP contribution in [0.2, 0.25) is 0 Å². The molecule has 0 saturated heterocycles. The van der Waals surface area contributed by atoms with E-state index >= 15 is 0 Å². The summed E-state index contributed by atoms with van der Waals surface area (Å²) in [7, 11) is 0. The molecule has 0 aliphatic heterocycles. The number of halogens is 2. The number of carboxylic acids is 1. The van der Waals surface area contributed by atoms with Gasteiger partial charge in [0.15, 0.2) is 0 Å². The molecule has 0 unspecified atom stereocenters. The van der Waals surface area contributed by atoms with Gasteiger partial charge in [0, 0.05) is 17.7 Å². The summed E-state index contributed by atoms with van der Waals surface area (Å²) in [5, 5.41) is 19.1. The largest absolute Gasteiger partial charge is 0.478 e. The first kappa shape index (κ1) is 14.6. The normalized spacial score (nSPS) is 10.9. The average Bonchev–Trinajstić information content (AvgIpc) is 2.26. The van der Waals surface area contributed by atoms with Gasteiger partial charge in [0.2, 0.25) is 0 Å². The molecule has 1 rings (SSSR count). The summed E-state index contributed by atoms with van der Waals surface area (Å²) < 4.78 is 28.6. The summed E-state index contributed by atoms with van der Waals surface area (Å²) in [6.07, 6.45) is 1.77. The summed E-state index contributed by atoms with van der Waals surface area (Å²) in [5.74, 6) is -1.72. The molecule has 0 amide bonds. The van der Waals surface area contributed by atoms with Crippen LogP contribution in [0, 0.1) is 17.0 Å². The minimum Gasteiger partial charge on any atom is -0.478 e. The highest BCUT2D eigenvalue weighted by Gasteiger charge is 2.17. The lowest BCUT2D eigenvalue weighted by molar-refractivity contribution is -0.385. The van der Waals surface area contributed by atoms with Crippen LogP contribution in [0.5, 0.6) is 5.75 Å². The number of aliphatic carboxylic acids is 1. The Morgan fingerprint density at radius 2 is 2.16 bits per heavy atom. The number of ether oxygens (including phenoxy) is 1. The summed E-state index contributed by atoms with van der Waals surface area (Å²) in [4.78, 5) is 20.3. The maximum Gasteiger partial charge on any atom is 0.387 e. The van der Waals surface area contributed by atoms with Gasteiger partial charge in [-0.3, -0.25) is 10.1 Å². The number of carbonyl (C=O) groups is 1. The Morgan fingerprint density at radius 1 is 1.53 bits per heavy atom. The molecule has 19 heavy (non-hydrogen) atoms. The lowest BCUT2D eigenvalue weighted by atomic mass is 10.1. The zero-order valence-electron chi connectivity index (χ0n) is 9.67. The van der Waals surface area contributed by atoms with Crippen molar-refractivity contribution in [2.24, 2.45) is 0 Å². The molecule has 0 aliphatic carbocycles. The first-order chi connectivity index (χ1) is 8.81. The first-order valence-electron chi connectivity index (χ1n) is 4.96. The third-order valence-electron chi connectivity index (χ3n) is 2.15. The van der Waals surface area contributed by atoms with Crippen LogP contribution in [-0.4, -0.2) is 22.6 Å². The van der Waals surface area contributed by atoms with Crippen LogP contribution in [-0.2, 0) is 4.79 Å². The molecule has 0 radical (unpaired) electrons. The Labute approximate surface area is 106 Å². The van der Waals surface area contributed by atoms with Gasteiger partial charge >= 0.3 is 12.6 Å². The van der Waals surface area contributed by atoms with Crippen molar-refractivity contribution in [3.8, 4) is 5.75 Å². The van der Waals surface area contributed by atoms with Crippen molar-refractivity contribution >= 4 is 17.7 Å². The van der Waals surface area contributed by atoms with E-state index in [0.29, 0.717) is 0 Å². The Bertz CT molecular complexity index is 542. The van der Waals surface area contributed by atoms with E-state index in [1.807, 2.05) is 0 Å². The summed E-state index contributed by atoms with van der Waals surface area (Å²) >= 11 is 0. The molecule has 0 fully saturated rings. The molecule has 1 N–H and O–H groups in total. The molecule has 0 spiro atoms. The lowest BCUT2D eigenvalue weighted by Gasteiger charge is -2.10. The third kappa shape index (κ3) is 4.02. The molecule has 0 saturated carbocycles. The van der Waals surface area contributed by atoms with Crippen molar-refractivity contribution < 1.29 is 28.3 Å². The van der Waals surface area contributed by atoms with Gasteiger partial charge in [-0.05, 0) is 18.6 Å². The number of hydrogen-bond donors (Lipinski definition) is 1. The number of nitro benzene ring substituents is 1. The van der Waals surface area contributed by atoms with E-state index in [9.17, 15) is 23.7 Å². The van der Waals surface area contributed by atoms with E-state index in [2.05, 4.69) is 4.74 Å². The molecule has 6 nitrogen and oxygen atoms in total. The number of nitro groups is 1. The fraction of sp³-hybridized carbons (Fsp3) is 0.182. The quantitative estimate of drug-likeness (QED) is 0.506. The van der Waals surface area contributed by atoms with Crippen LogP contribution in [0.25, 0.3) is 6.08 Å². The predicted octanol–water partition coefficient (Wildman–Crippen LogP) is 2.60. The Hall–Kier alpha value is -2.51. The standard InChI is InChI=1S/C11H9F2NO5/c1-6-4-7(14(17)18)5-9(19-11(12)13)8(6)2-3-10(15)16/h2-5,11H,1H3,(H,15,16)/b3-2+. The van der Waals surface area contributed by atoms with Crippen LogP contribution in [0.3, 0.4) is 0 Å². The van der Waals surface area contributed by atoms with Crippen LogP contribution in [0.15, 0.2) is 18.2 Å². The molecule has 1 aromatic carbocycles.